The van der Waals surface area contributed by atoms with Crippen LogP contribution in [0.1, 0.15) is 23.2 Å². The topological polar surface area (TPSA) is 119 Å². The van der Waals surface area contributed by atoms with Crippen LogP contribution < -0.4 is 16.4 Å². The van der Waals surface area contributed by atoms with Crippen LogP contribution in [0.2, 0.25) is 5.02 Å². The minimum Gasteiger partial charge on any atom is -0.353 e. The van der Waals surface area contributed by atoms with E-state index in [9.17, 15) is 9.59 Å². The molecule has 1 aliphatic heterocycles. The Bertz CT molecular complexity index is 1410. The van der Waals surface area contributed by atoms with Gasteiger partial charge in [-0.25, -0.2) is 4.79 Å². The number of hydrogen-bond acceptors (Lipinski definition) is 3. The number of fused-ring (bicyclic) bond motifs is 2. The van der Waals surface area contributed by atoms with Crippen molar-refractivity contribution in [2.24, 2.45) is 5.73 Å². The van der Waals surface area contributed by atoms with Gasteiger partial charge in [-0.1, -0.05) is 33.6 Å². The number of rotatable bonds is 6. The second-order valence-electron chi connectivity index (χ2n) is 8.79. The van der Waals surface area contributed by atoms with E-state index in [1.165, 1.54) is 0 Å². The van der Waals surface area contributed by atoms with Crippen molar-refractivity contribution >= 4 is 61.3 Å². The van der Waals surface area contributed by atoms with E-state index in [2.05, 4.69) is 36.5 Å². The second-order valence-corrected chi connectivity index (χ2v) is 10.1. The van der Waals surface area contributed by atoms with Crippen LogP contribution in [0.3, 0.4) is 0 Å². The molecule has 1 aliphatic rings. The van der Waals surface area contributed by atoms with Gasteiger partial charge in [-0.2, -0.15) is 0 Å². The molecule has 6 N–H and O–H groups in total. The van der Waals surface area contributed by atoms with E-state index in [-0.39, 0.29) is 11.9 Å². The fraction of sp³-hybridized carbons (Fsp3) is 0.280. The Labute approximate surface area is 215 Å². The average molecular weight is 558 g/mol. The molecule has 0 aliphatic carbocycles. The molecule has 3 amide bonds. The van der Waals surface area contributed by atoms with Gasteiger partial charge in [-0.15, -0.1) is 0 Å². The number of nitrogens with two attached hydrogens (primary N) is 1. The Morgan fingerprint density at radius 2 is 1.86 bits per heavy atom. The number of nitrogens with one attached hydrogen (secondary N) is 4. The number of hydrogen-bond donors (Lipinski definition) is 5. The molecule has 3 heterocycles. The van der Waals surface area contributed by atoms with E-state index in [1.54, 1.807) is 4.90 Å². The Morgan fingerprint density at radius 1 is 1.06 bits per heavy atom. The summed E-state index contributed by atoms with van der Waals surface area (Å²) in [6, 6.07) is 13.4. The first kappa shape index (κ1) is 23.7. The van der Waals surface area contributed by atoms with Crippen molar-refractivity contribution in [3.8, 4) is 11.4 Å². The van der Waals surface area contributed by atoms with Crippen LogP contribution in [0.4, 0.5) is 4.79 Å². The van der Waals surface area contributed by atoms with E-state index in [1.807, 2.05) is 42.5 Å². The first-order valence-corrected chi connectivity index (χ1v) is 12.7. The highest BCUT2D eigenvalue weighted by Crippen LogP contribution is 2.33. The molecule has 0 atom stereocenters. The highest BCUT2D eigenvalue weighted by molar-refractivity contribution is 9.10. The third-order valence-corrected chi connectivity index (χ3v) is 7.22. The van der Waals surface area contributed by atoms with E-state index in [4.69, 9.17) is 17.3 Å². The maximum absolute atomic E-state index is 13.4. The number of carbonyl (C=O) groups is 2. The molecule has 10 heteroatoms. The van der Waals surface area contributed by atoms with Crippen molar-refractivity contribution in [1.29, 1.82) is 0 Å². The molecule has 0 bridgehead atoms. The summed E-state index contributed by atoms with van der Waals surface area (Å²) in [4.78, 5) is 33.1. The highest BCUT2D eigenvalue weighted by Gasteiger charge is 2.22. The first-order chi connectivity index (χ1) is 16.9. The largest absolute Gasteiger partial charge is 0.353 e. The highest BCUT2D eigenvalue weighted by atomic mass is 79.9. The summed E-state index contributed by atoms with van der Waals surface area (Å²) in [6.45, 7) is 2.44. The van der Waals surface area contributed by atoms with Crippen molar-refractivity contribution in [3.05, 3.63) is 57.5 Å². The summed E-state index contributed by atoms with van der Waals surface area (Å²) in [5.41, 5.74) is 9.31. The van der Waals surface area contributed by atoms with Crippen LogP contribution in [0.15, 0.2) is 46.9 Å². The molecule has 0 radical (unpaired) electrons. The van der Waals surface area contributed by atoms with Crippen LogP contribution in [0.25, 0.3) is 33.2 Å². The number of urea groups is 1. The second kappa shape index (κ2) is 9.93. The molecule has 182 valence electrons. The van der Waals surface area contributed by atoms with Gasteiger partial charge in [0.15, 0.2) is 0 Å². The quantitative estimate of drug-likeness (QED) is 0.223. The Morgan fingerprint density at radius 3 is 2.63 bits per heavy atom. The zero-order chi connectivity index (χ0) is 24.5. The zero-order valence-corrected chi connectivity index (χ0v) is 21.3. The van der Waals surface area contributed by atoms with Crippen LogP contribution in [0, 0.1) is 0 Å². The minimum absolute atomic E-state index is 0.143. The number of primary amides is 1. The monoisotopic (exact) mass is 556 g/mol. The Hall–Kier alpha value is -3.01. The number of carbonyl (C=O) groups excluding carboxylic acids is 2. The molecule has 2 aromatic carbocycles. The van der Waals surface area contributed by atoms with Gasteiger partial charge in [0.05, 0.1) is 17.0 Å². The Kier molecular flexibility index (Phi) is 6.73. The fourth-order valence-electron chi connectivity index (χ4n) is 4.69. The van der Waals surface area contributed by atoms with Gasteiger partial charge in [-0.05, 0) is 49.2 Å². The zero-order valence-electron chi connectivity index (χ0n) is 19.0. The molecular weight excluding hydrogens is 532 g/mol. The summed E-state index contributed by atoms with van der Waals surface area (Å²) >= 11 is 9.68. The number of piperidine rings is 1. The van der Waals surface area contributed by atoms with Crippen LogP contribution in [-0.4, -0.2) is 59.0 Å². The molecule has 1 fully saturated rings. The van der Waals surface area contributed by atoms with Gasteiger partial charge in [0.2, 0.25) is 0 Å². The molecule has 1 saturated heterocycles. The Balaban J connectivity index is 1.32. The molecule has 4 aromatic rings. The van der Waals surface area contributed by atoms with Crippen LogP contribution in [0.5, 0.6) is 0 Å². The van der Waals surface area contributed by atoms with Crippen molar-refractivity contribution in [3.63, 3.8) is 0 Å². The molecule has 8 nitrogen and oxygen atoms in total. The normalized spacial score (nSPS) is 14.6. The molecule has 0 saturated carbocycles. The number of nitrogens with zero attached hydrogens (tertiary/aromatic N) is 1. The first-order valence-electron chi connectivity index (χ1n) is 11.5. The number of halogens is 2. The van der Waals surface area contributed by atoms with Gasteiger partial charge in [0.1, 0.15) is 0 Å². The van der Waals surface area contributed by atoms with Crippen LogP contribution >= 0.6 is 27.5 Å². The predicted molar refractivity (Wildman–Crippen MR) is 143 cm³/mol. The van der Waals surface area contributed by atoms with Gasteiger partial charge < -0.3 is 31.2 Å². The molecule has 0 unspecified atom stereocenters. The number of aromatic nitrogens is 2. The third-order valence-electron chi connectivity index (χ3n) is 6.49. The van der Waals surface area contributed by atoms with Crippen molar-refractivity contribution in [2.75, 3.05) is 26.2 Å². The standard InChI is InChI=1S/C25H26BrClN6O2/c26-15-1-3-18-20(13-15)32-23(21-12-14-11-16(27)2-4-19(14)31-21)22(18)24(34)30-8-7-29-17-5-9-33(10-6-17)25(28)35/h1-4,11-13,17,29,31-32H,5-10H2,(H2,28,35)(H,30,34). The smallest absolute Gasteiger partial charge is 0.314 e. The predicted octanol–water partition coefficient (Wildman–Crippen LogP) is 4.59. The lowest BCUT2D eigenvalue weighted by atomic mass is 10.1. The maximum Gasteiger partial charge on any atom is 0.314 e. The number of H-pyrrole nitrogens is 2. The molecule has 5 rings (SSSR count). The molecule has 0 spiro atoms. The molecular formula is C25H26BrClN6O2. The van der Waals surface area contributed by atoms with E-state index < -0.39 is 0 Å². The van der Waals surface area contributed by atoms with Crippen molar-refractivity contribution in [1.82, 2.24) is 25.5 Å². The van der Waals surface area contributed by atoms with Crippen molar-refractivity contribution in [2.45, 2.75) is 18.9 Å². The van der Waals surface area contributed by atoms with E-state index in [0.717, 1.165) is 50.5 Å². The lowest BCUT2D eigenvalue weighted by Crippen LogP contribution is -2.47. The van der Waals surface area contributed by atoms with Crippen molar-refractivity contribution < 1.29 is 9.59 Å². The average Bonchev–Trinajstić information content (AvgIpc) is 3.42. The summed E-state index contributed by atoms with van der Waals surface area (Å²) in [6.07, 6.45) is 1.70. The SMILES string of the molecule is NC(=O)N1CCC(NCCNC(=O)c2c(-c3cc4cc(Cl)ccc4[nH]3)[nH]c3cc(Br)ccc23)CC1. The van der Waals surface area contributed by atoms with Gasteiger partial charge in [0, 0.05) is 63.5 Å². The number of amides is 3. The van der Waals surface area contributed by atoms with Gasteiger partial charge in [-0.3, -0.25) is 4.79 Å². The van der Waals surface area contributed by atoms with Gasteiger partial charge >= 0.3 is 6.03 Å². The molecule has 2 aromatic heterocycles. The lowest BCUT2D eigenvalue weighted by Gasteiger charge is -2.31. The number of aromatic amines is 2. The summed E-state index contributed by atoms with van der Waals surface area (Å²) in [5, 5.41) is 9.02. The van der Waals surface area contributed by atoms with E-state index >= 15 is 0 Å². The fourth-order valence-corrected chi connectivity index (χ4v) is 5.23. The summed E-state index contributed by atoms with van der Waals surface area (Å²) < 4.78 is 0.930. The molecule has 35 heavy (non-hydrogen) atoms. The number of benzene rings is 2. The lowest BCUT2D eigenvalue weighted by molar-refractivity contribution is 0.0955. The number of likely N-dealkylation sites (tertiary alicyclic amines) is 1. The van der Waals surface area contributed by atoms with Crippen LogP contribution in [-0.2, 0) is 0 Å². The maximum atomic E-state index is 13.4. The van der Waals surface area contributed by atoms with Gasteiger partial charge in [0.25, 0.3) is 5.91 Å². The third kappa shape index (κ3) is 5.03. The minimum atomic E-state index is -0.365. The summed E-state index contributed by atoms with van der Waals surface area (Å²) in [7, 11) is 0. The summed E-state index contributed by atoms with van der Waals surface area (Å²) in [5.74, 6) is -0.143. The van der Waals surface area contributed by atoms with E-state index in [0.29, 0.717) is 42.8 Å².